The van der Waals surface area contributed by atoms with Gasteiger partial charge in [0.15, 0.2) is 0 Å². The minimum Gasteiger partial charge on any atom is -0.390 e. The summed E-state index contributed by atoms with van der Waals surface area (Å²) in [4.78, 5) is 0. The van der Waals surface area contributed by atoms with Crippen molar-refractivity contribution >= 4 is 0 Å². The molecule has 2 aromatic rings. The van der Waals surface area contributed by atoms with E-state index in [-0.39, 0.29) is 6.04 Å². The van der Waals surface area contributed by atoms with Crippen LogP contribution in [0.2, 0.25) is 0 Å². The molecule has 3 heteroatoms. The van der Waals surface area contributed by atoms with Gasteiger partial charge in [-0.3, -0.25) is 0 Å². The van der Waals surface area contributed by atoms with Crippen LogP contribution in [0.5, 0.6) is 0 Å². The van der Waals surface area contributed by atoms with Gasteiger partial charge in [0.25, 0.3) is 0 Å². The number of rotatable bonds is 6. The van der Waals surface area contributed by atoms with E-state index in [1.165, 1.54) is 23.1 Å². The average Bonchev–Trinajstić information content (AvgIpc) is 2.60. The topological polar surface area (TPSA) is 58.3 Å². The van der Waals surface area contributed by atoms with Crippen molar-refractivity contribution in [2.75, 3.05) is 6.54 Å². The Kier molecular flexibility index (Phi) is 5.44. The molecule has 0 heterocycles. The molecule has 0 saturated carbocycles. The highest BCUT2D eigenvalue weighted by Crippen LogP contribution is 2.29. The summed E-state index contributed by atoms with van der Waals surface area (Å²) >= 11 is 0. The van der Waals surface area contributed by atoms with Crippen LogP contribution in [-0.4, -0.2) is 23.8 Å². The van der Waals surface area contributed by atoms with Gasteiger partial charge in [0.1, 0.15) is 0 Å². The molecular weight excluding hydrogens is 284 g/mol. The molecule has 0 radical (unpaired) electrons. The number of benzene rings is 2. The fourth-order valence-electron chi connectivity index (χ4n) is 3.40. The van der Waals surface area contributed by atoms with Gasteiger partial charge < -0.3 is 16.2 Å². The Bertz CT molecular complexity index is 614. The number of hydrogen-bond donors (Lipinski definition) is 3. The van der Waals surface area contributed by atoms with E-state index in [2.05, 4.69) is 41.7 Å². The quantitative estimate of drug-likeness (QED) is 0.768. The average molecular weight is 310 g/mol. The van der Waals surface area contributed by atoms with Crippen LogP contribution in [0.25, 0.3) is 0 Å². The standard InChI is InChI=1S/C20H26N2O/c21-18(13-15-7-2-1-3-8-15)20(23)14-22-19-12-6-10-16-9-4-5-11-17(16)19/h1-5,7-9,11,18-20,22-23H,6,10,12-14,21H2/t18-,19?,20+/m0/s1. The van der Waals surface area contributed by atoms with Crippen molar-refractivity contribution in [3.05, 3.63) is 71.3 Å². The van der Waals surface area contributed by atoms with Crippen molar-refractivity contribution in [1.29, 1.82) is 0 Å². The predicted octanol–water partition coefficient (Wildman–Crippen LogP) is 2.58. The van der Waals surface area contributed by atoms with Gasteiger partial charge in [-0.1, -0.05) is 54.6 Å². The molecule has 23 heavy (non-hydrogen) atoms. The molecule has 0 amide bonds. The molecule has 0 aromatic heterocycles. The van der Waals surface area contributed by atoms with Crippen LogP contribution in [-0.2, 0) is 12.8 Å². The Morgan fingerprint density at radius 3 is 2.65 bits per heavy atom. The predicted molar refractivity (Wildman–Crippen MR) is 94.3 cm³/mol. The third-order valence-corrected chi connectivity index (χ3v) is 4.75. The summed E-state index contributed by atoms with van der Waals surface area (Å²) in [6.07, 6.45) is 3.64. The second-order valence-electron chi connectivity index (χ2n) is 6.47. The maximum absolute atomic E-state index is 10.4. The van der Waals surface area contributed by atoms with Crippen LogP contribution >= 0.6 is 0 Å². The highest BCUT2D eigenvalue weighted by atomic mass is 16.3. The number of nitrogens with two attached hydrogens (primary N) is 1. The summed E-state index contributed by atoms with van der Waals surface area (Å²) in [5.41, 5.74) is 10.1. The molecule has 122 valence electrons. The second-order valence-corrected chi connectivity index (χ2v) is 6.47. The lowest BCUT2D eigenvalue weighted by Gasteiger charge is -2.28. The Balaban J connectivity index is 1.54. The van der Waals surface area contributed by atoms with Crippen molar-refractivity contribution in [3.8, 4) is 0 Å². The molecule has 4 N–H and O–H groups in total. The van der Waals surface area contributed by atoms with E-state index in [1.807, 2.05) is 18.2 Å². The summed E-state index contributed by atoms with van der Waals surface area (Å²) in [6.45, 7) is 0.535. The maximum Gasteiger partial charge on any atom is 0.0818 e. The van der Waals surface area contributed by atoms with Crippen LogP contribution in [0.4, 0.5) is 0 Å². The number of aliphatic hydroxyl groups excluding tert-OH is 1. The van der Waals surface area contributed by atoms with E-state index in [4.69, 9.17) is 5.73 Å². The number of hydrogen-bond acceptors (Lipinski definition) is 3. The highest BCUT2D eigenvalue weighted by molar-refractivity contribution is 5.32. The summed E-state index contributed by atoms with van der Waals surface area (Å²) in [5.74, 6) is 0. The first-order valence-electron chi connectivity index (χ1n) is 8.53. The lowest BCUT2D eigenvalue weighted by atomic mass is 9.87. The van der Waals surface area contributed by atoms with Gasteiger partial charge >= 0.3 is 0 Å². The molecule has 0 spiro atoms. The smallest absolute Gasteiger partial charge is 0.0818 e. The summed E-state index contributed by atoms with van der Waals surface area (Å²) in [7, 11) is 0. The Labute approximate surface area is 138 Å². The number of aliphatic hydroxyl groups is 1. The normalized spacial score (nSPS) is 19.8. The van der Waals surface area contributed by atoms with Gasteiger partial charge in [-0.2, -0.15) is 0 Å². The molecule has 1 unspecified atom stereocenters. The van der Waals surface area contributed by atoms with Gasteiger partial charge in [0, 0.05) is 18.6 Å². The van der Waals surface area contributed by atoms with Gasteiger partial charge in [-0.05, 0) is 42.4 Å². The van der Waals surface area contributed by atoms with Gasteiger partial charge in [-0.15, -0.1) is 0 Å². The highest BCUT2D eigenvalue weighted by Gasteiger charge is 2.22. The Morgan fingerprint density at radius 2 is 1.83 bits per heavy atom. The molecule has 3 nitrogen and oxygen atoms in total. The second kappa shape index (κ2) is 7.73. The van der Waals surface area contributed by atoms with E-state index in [0.29, 0.717) is 19.0 Å². The largest absolute Gasteiger partial charge is 0.390 e. The SMILES string of the molecule is N[C@@H](Cc1ccccc1)[C@H](O)CNC1CCCc2ccccc21. The molecule has 0 fully saturated rings. The lowest BCUT2D eigenvalue weighted by Crippen LogP contribution is -2.44. The summed E-state index contributed by atoms with van der Waals surface area (Å²) < 4.78 is 0. The van der Waals surface area contributed by atoms with Gasteiger partial charge in [0.05, 0.1) is 6.10 Å². The zero-order chi connectivity index (χ0) is 16.1. The van der Waals surface area contributed by atoms with Crippen molar-refractivity contribution in [1.82, 2.24) is 5.32 Å². The molecule has 0 saturated heterocycles. The molecule has 1 aliphatic rings. The fraction of sp³-hybridized carbons (Fsp3) is 0.400. The van der Waals surface area contributed by atoms with E-state index >= 15 is 0 Å². The minimum atomic E-state index is -0.538. The Morgan fingerprint density at radius 1 is 1.09 bits per heavy atom. The summed E-state index contributed by atoms with van der Waals surface area (Å²) in [5, 5.41) is 13.9. The van der Waals surface area contributed by atoms with Crippen LogP contribution in [0, 0.1) is 0 Å². The molecular formula is C20H26N2O. The maximum atomic E-state index is 10.4. The third-order valence-electron chi connectivity index (χ3n) is 4.75. The first-order chi connectivity index (χ1) is 11.2. The zero-order valence-electron chi connectivity index (χ0n) is 13.5. The molecule has 3 rings (SSSR count). The van der Waals surface area contributed by atoms with Gasteiger partial charge in [0.2, 0.25) is 0 Å². The zero-order valence-corrected chi connectivity index (χ0v) is 13.5. The van der Waals surface area contributed by atoms with Crippen molar-refractivity contribution in [2.24, 2.45) is 5.73 Å². The first-order valence-corrected chi connectivity index (χ1v) is 8.53. The van der Waals surface area contributed by atoms with Gasteiger partial charge in [-0.25, -0.2) is 0 Å². The van der Waals surface area contributed by atoms with Crippen LogP contribution in [0.1, 0.15) is 35.6 Å². The number of fused-ring (bicyclic) bond motifs is 1. The summed E-state index contributed by atoms with van der Waals surface area (Å²) in [6, 6.07) is 18.8. The van der Waals surface area contributed by atoms with Crippen LogP contribution in [0.15, 0.2) is 54.6 Å². The Hall–Kier alpha value is -1.68. The van der Waals surface area contributed by atoms with E-state index in [1.54, 1.807) is 0 Å². The van der Waals surface area contributed by atoms with Crippen molar-refractivity contribution in [2.45, 2.75) is 43.9 Å². The fourth-order valence-corrected chi connectivity index (χ4v) is 3.40. The van der Waals surface area contributed by atoms with Crippen LogP contribution < -0.4 is 11.1 Å². The molecule has 0 aliphatic heterocycles. The molecule has 0 bridgehead atoms. The lowest BCUT2D eigenvalue weighted by molar-refractivity contribution is 0.136. The van der Waals surface area contributed by atoms with E-state index < -0.39 is 6.10 Å². The van der Waals surface area contributed by atoms with Crippen molar-refractivity contribution in [3.63, 3.8) is 0 Å². The molecule has 1 aliphatic carbocycles. The monoisotopic (exact) mass is 310 g/mol. The third kappa shape index (κ3) is 4.20. The van der Waals surface area contributed by atoms with E-state index in [9.17, 15) is 5.11 Å². The molecule has 2 aromatic carbocycles. The number of aryl methyl sites for hydroxylation is 1. The van der Waals surface area contributed by atoms with E-state index in [0.717, 1.165) is 12.8 Å². The number of nitrogens with one attached hydrogen (secondary N) is 1. The first kappa shape index (κ1) is 16.2. The van der Waals surface area contributed by atoms with Crippen molar-refractivity contribution < 1.29 is 5.11 Å². The minimum absolute atomic E-state index is 0.247. The van der Waals surface area contributed by atoms with Crippen LogP contribution in [0.3, 0.4) is 0 Å². The molecule has 3 atom stereocenters.